The third kappa shape index (κ3) is 3.47. The number of hydrogen-bond donors (Lipinski definition) is 0. The minimum atomic E-state index is -3.45. The van der Waals surface area contributed by atoms with Crippen LogP contribution in [-0.4, -0.2) is 7.63 Å². The van der Waals surface area contributed by atoms with Gasteiger partial charge >= 0.3 is 150 Å². The van der Waals surface area contributed by atoms with E-state index in [4.69, 9.17) is 9.30 Å². The summed E-state index contributed by atoms with van der Waals surface area (Å²) in [6.45, 7) is 20.9. The van der Waals surface area contributed by atoms with Crippen molar-refractivity contribution in [2.24, 2.45) is 11.8 Å². The SMILES string of the molecule is C[CH2][Ti](=[SiH2])([Cl])([C]1=C(C)C(C)=C(C)C1C)[C]1=C(C)C(C)=C(C)C1C.Cl.Cl. The van der Waals surface area contributed by atoms with Crippen molar-refractivity contribution in [3.63, 3.8) is 0 Å². The predicted octanol–water partition coefficient (Wildman–Crippen LogP) is 7.18. The van der Waals surface area contributed by atoms with E-state index in [1.165, 1.54) is 33.4 Å². The van der Waals surface area contributed by atoms with Gasteiger partial charge in [0.1, 0.15) is 0 Å². The van der Waals surface area contributed by atoms with E-state index in [-0.39, 0.29) is 24.8 Å². The molecule has 2 atom stereocenters. The summed E-state index contributed by atoms with van der Waals surface area (Å²) in [5, 5.41) is 0. The van der Waals surface area contributed by atoms with E-state index in [0.29, 0.717) is 11.8 Å². The van der Waals surface area contributed by atoms with Crippen molar-refractivity contribution < 1.29 is 13.0 Å². The average Bonchev–Trinajstić information content (AvgIpc) is 2.81. The largest absolute Gasteiger partial charge is 0.147 e. The first-order valence-electron chi connectivity index (χ1n) is 8.91. The van der Waals surface area contributed by atoms with E-state index in [2.05, 4.69) is 69.9 Å². The summed E-state index contributed by atoms with van der Waals surface area (Å²) < 4.78 is 4.37. The third-order valence-corrected chi connectivity index (χ3v) is 23.9. The predicted molar refractivity (Wildman–Crippen MR) is 120 cm³/mol. The third-order valence-electron chi connectivity index (χ3n) is 7.25. The van der Waals surface area contributed by atoms with Gasteiger partial charge in [0.2, 0.25) is 0 Å². The maximum Gasteiger partial charge on any atom is -0.147 e. The summed E-state index contributed by atoms with van der Waals surface area (Å²) in [6, 6.07) is 0. The molecule has 0 fully saturated rings. The quantitative estimate of drug-likeness (QED) is 0.394. The van der Waals surface area contributed by atoms with Gasteiger partial charge in [-0.05, 0) is 0 Å². The Labute approximate surface area is 173 Å². The van der Waals surface area contributed by atoms with Crippen molar-refractivity contribution in [2.45, 2.75) is 67.0 Å². The molecule has 0 radical (unpaired) electrons. The summed E-state index contributed by atoms with van der Waals surface area (Å²) in [6.07, 6.45) is 0. The Hall–Kier alpha value is 0.761. The molecule has 0 bridgehead atoms. The molecule has 144 valence electrons. The fraction of sp³-hybridized carbons (Fsp3) is 0.600. The minimum absolute atomic E-state index is 0. The van der Waals surface area contributed by atoms with Crippen LogP contribution < -0.4 is 0 Å². The Kier molecular flexibility index (Phi) is 8.26. The summed E-state index contributed by atoms with van der Waals surface area (Å²) >= 11 is -3.45. The monoisotopic (exact) mass is 456 g/mol. The molecule has 0 amide bonds. The number of allylic oxidation sites excluding steroid dienone is 8. The van der Waals surface area contributed by atoms with E-state index in [1.807, 2.05) is 0 Å². The van der Waals surface area contributed by atoms with Crippen molar-refractivity contribution in [3.05, 3.63) is 41.2 Å². The molecular weight excluding hydrogens is 423 g/mol. The molecule has 0 aromatic rings. The van der Waals surface area contributed by atoms with Crippen LogP contribution >= 0.6 is 34.1 Å². The van der Waals surface area contributed by atoms with E-state index in [0.717, 1.165) is 4.73 Å². The van der Waals surface area contributed by atoms with Crippen LogP contribution in [0.2, 0.25) is 4.73 Å². The Morgan fingerprint density at radius 1 is 0.760 bits per heavy atom. The molecule has 0 spiro atoms. The normalized spacial score (nSPS) is 24.9. The van der Waals surface area contributed by atoms with Gasteiger partial charge in [-0.1, -0.05) is 0 Å². The molecule has 0 nitrogen and oxygen atoms in total. The first-order valence-corrected chi connectivity index (χ1v) is 17.7. The Bertz CT molecular complexity index is 725. The van der Waals surface area contributed by atoms with Crippen LogP contribution in [0.15, 0.2) is 41.2 Å². The Morgan fingerprint density at radius 2 is 1.04 bits per heavy atom. The van der Waals surface area contributed by atoms with Gasteiger partial charge < -0.3 is 0 Å². The van der Waals surface area contributed by atoms with Gasteiger partial charge in [0.15, 0.2) is 0 Å². The van der Waals surface area contributed by atoms with Crippen molar-refractivity contribution in [1.29, 1.82) is 0 Å². The van der Waals surface area contributed by atoms with Crippen molar-refractivity contribution in [2.75, 3.05) is 0 Å². The fourth-order valence-corrected chi connectivity index (χ4v) is 21.0. The fourth-order valence-electron chi connectivity index (χ4n) is 5.11. The molecule has 2 aliphatic rings. The van der Waals surface area contributed by atoms with Crippen LogP contribution in [0.1, 0.15) is 62.3 Å². The van der Waals surface area contributed by atoms with Crippen molar-refractivity contribution >= 4 is 41.8 Å². The van der Waals surface area contributed by atoms with Crippen LogP contribution in [0.25, 0.3) is 0 Å². The first-order chi connectivity index (χ1) is 10.4. The van der Waals surface area contributed by atoms with Crippen LogP contribution in [0, 0.1) is 11.8 Å². The summed E-state index contributed by atoms with van der Waals surface area (Å²) in [4.78, 5) is 0. The zero-order valence-corrected chi connectivity index (χ0v) is 22.6. The first kappa shape index (κ1) is 25.8. The molecular formula is C20H35Cl3SiTi. The zero-order chi connectivity index (χ0) is 17.9. The second kappa shape index (κ2) is 8.02. The molecule has 2 rings (SSSR count). The number of halogens is 3. The average molecular weight is 458 g/mol. The molecule has 2 aliphatic carbocycles. The zero-order valence-electron chi connectivity index (χ0n) is 17.3. The van der Waals surface area contributed by atoms with Gasteiger partial charge in [0, 0.05) is 0 Å². The van der Waals surface area contributed by atoms with Crippen LogP contribution in [-0.2, 0) is 13.0 Å². The minimum Gasteiger partial charge on any atom is -0.147 e. The number of rotatable bonds is 3. The molecule has 0 aromatic carbocycles. The van der Waals surface area contributed by atoms with E-state index in [1.54, 1.807) is 7.76 Å². The van der Waals surface area contributed by atoms with Crippen LogP contribution in [0.5, 0.6) is 0 Å². The van der Waals surface area contributed by atoms with E-state index >= 15 is 0 Å². The van der Waals surface area contributed by atoms with Crippen LogP contribution in [0.4, 0.5) is 0 Å². The van der Waals surface area contributed by atoms with Crippen molar-refractivity contribution in [1.82, 2.24) is 0 Å². The van der Waals surface area contributed by atoms with Gasteiger partial charge in [-0.3, -0.25) is 0 Å². The topological polar surface area (TPSA) is 0 Å². The van der Waals surface area contributed by atoms with Crippen LogP contribution in [0.3, 0.4) is 0 Å². The Balaban J connectivity index is 0.00000288. The molecule has 0 aliphatic heterocycles. The molecule has 0 N–H and O–H groups in total. The summed E-state index contributed by atoms with van der Waals surface area (Å²) in [7, 11) is 10.1. The molecule has 5 heteroatoms. The van der Waals surface area contributed by atoms with E-state index < -0.39 is 13.0 Å². The molecule has 0 aromatic heterocycles. The van der Waals surface area contributed by atoms with Gasteiger partial charge in [-0.25, -0.2) is 0 Å². The smallest absolute Gasteiger partial charge is 0.147 e. The molecule has 2 unspecified atom stereocenters. The Morgan fingerprint density at radius 3 is 1.20 bits per heavy atom. The van der Waals surface area contributed by atoms with Gasteiger partial charge in [-0.2, -0.15) is 0 Å². The molecule has 0 saturated carbocycles. The summed E-state index contributed by atoms with van der Waals surface area (Å²) in [5.41, 5.74) is 9.00. The summed E-state index contributed by atoms with van der Waals surface area (Å²) in [5.74, 6) is 1.02. The van der Waals surface area contributed by atoms with Gasteiger partial charge in [0.25, 0.3) is 0 Å². The second-order valence-corrected chi connectivity index (χ2v) is 27.7. The molecule has 25 heavy (non-hydrogen) atoms. The standard InChI is InChI=1S/2C9H13.C2H5.3ClH.H2Si.Ti/c2*1-6-5-7(2)9(4)8(6)3;1-2;;;;;/h2*6H,1-4H3;1H2,2H3;3*1H;1H2;/q;;;;;;;+1/p-1. The second-order valence-electron chi connectivity index (χ2n) is 8.03. The van der Waals surface area contributed by atoms with E-state index in [9.17, 15) is 0 Å². The number of hydrogen-bond acceptors (Lipinski definition) is 0. The van der Waals surface area contributed by atoms with Gasteiger partial charge in [-0.15, -0.1) is 24.8 Å². The molecule has 0 saturated heterocycles. The van der Waals surface area contributed by atoms with Crippen molar-refractivity contribution in [3.8, 4) is 0 Å². The maximum atomic E-state index is 7.87. The maximum absolute atomic E-state index is 7.87. The van der Waals surface area contributed by atoms with Gasteiger partial charge in [0.05, 0.1) is 0 Å². The molecule has 0 heterocycles.